The van der Waals surface area contributed by atoms with E-state index >= 15 is 0 Å². The second-order valence-corrected chi connectivity index (χ2v) is 7.34. The lowest BCUT2D eigenvalue weighted by atomic mass is 10.0. The summed E-state index contributed by atoms with van der Waals surface area (Å²) in [6.07, 6.45) is 0.429. The molecule has 1 fully saturated rings. The van der Waals surface area contributed by atoms with Crippen molar-refractivity contribution in [3.63, 3.8) is 0 Å². The van der Waals surface area contributed by atoms with Crippen molar-refractivity contribution >= 4 is 42.9 Å². The van der Waals surface area contributed by atoms with Crippen molar-refractivity contribution < 1.29 is 13.2 Å². The molecule has 2 heterocycles. The Morgan fingerprint density at radius 2 is 2.33 bits per heavy atom. The van der Waals surface area contributed by atoms with Crippen molar-refractivity contribution in [2.45, 2.75) is 6.42 Å². The maximum absolute atomic E-state index is 11.8. The fourth-order valence-corrected chi connectivity index (χ4v) is 4.56. The number of thiazole rings is 1. The first kappa shape index (κ1) is 11.2. The summed E-state index contributed by atoms with van der Waals surface area (Å²) in [7, 11) is -3.00. The summed E-state index contributed by atoms with van der Waals surface area (Å²) in [5.74, 6) is -0.446. The number of aromatic nitrogens is 1. The Labute approximate surface area is 99.8 Å². The molecule has 15 heavy (non-hydrogen) atoms. The minimum absolute atomic E-state index is 0.0248. The van der Waals surface area contributed by atoms with Gasteiger partial charge < -0.3 is 0 Å². The Kier molecular flexibility index (Phi) is 2.96. The zero-order chi connectivity index (χ0) is 11.1. The van der Waals surface area contributed by atoms with Gasteiger partial charge in [0.25, 0.3) is 0 Å². The summed E-state index contributed by atoms with van der Waals surface area (Å²) in [6.45, 7) is 0. The van der Waals surface area contributed by atoms with Gasteiger partial charge in [0.1, 0.15) is 4.60 Å². The highest BCUT2D eigenvalue weighted by Gasteiger charge is 2.34. The van der Waals surface area contributed by atoms with Crippen molar-refractivity contribution in [1.29, 1.82) is 0 Å². The first-order chi connectivity index (χ1) is 6.98. The van der Waals surface area contributed by atoms with E-state index in [1.54, 1.807) is 5.38 Å². The van der Waals surface area contributed by atoms with E-state index in [1.165, 1.54) is 11.3 Å². The van der Waals surface area contributed by atoms with Crippen LogP contribution in [0.4, 0.5) is 0 Å². The summed E-state index contributed by atoms with van der Waals surface area (Å²) in [6, 6.07) is 0. The lowest BCUT2D eigenvalue weighted by Crippen LogP contribution is -2.15. The van der Waals surface area contributed by atoms with Gasteiger partial charge >= 0.3 is 0 Å². The Hall–Kier alpha value is -0.270. The van der Waals surface area contributed by atoms with Gasteiger partial charge in [0, 0.05) is 11.3 Å². The smallest absolute Gasteiger partial charge is 0.195 e. The van der Waals surface area contributed by atoms with Gasteiger partial charge in [-0.1, -0.05) is 0 Å². The highest BCUT2D eigenvalue weighted by molar-refractivity contribution is 9.10. The molecule has 1 saturated heterocycles. The van der Waals surface area contributed by atoms with Crippen LogP contribution in [0.1, 0.15) is 16.2 Å². The van der Waals surface area contributed by atoms with Crippen LogP contribution in [0, 0.1) is 5.92 Å². The van der Waals surface area contributed by atoms with Crippen LogP contribution in [0.2, 0.25) is 0 Å². The topological polar surface area (TPSA) is 64.1 Å². The van der Waals surface area contributed by atoms with Crippen molar-refractivity contribution in [3.8, 4) is 0 Å². The molecule has 0 N–H and O–H groups in total. The van der Waals surface area contributed by atoms with E-state index < -0.39 is 15.8 Å². The zero-order valence-electron chi connectivity index (χ0n) is 7.64. The number of nitrogens with zero attached hydrogens (tertiary/aromatic N) is 1. The van der Waals surface area contributed by atoms with Crippen molar-refractivity contribution in [2.75, 3.05) is 11.5 Å². The van der Waals surface area contributed by atoms with E-state index in [1.807, 2.05) is 0 Å². The maximum Gasteiger partial charge on any atom is 0.195 e. The Bertz CT molecular complexity index is 494. The Morgan fingerprint density at radius 1 is 1.60 bits per heavy atom. The number of hydrogen-bond donors (Lipinski definition) is 0. The molecule has 1 unspecified atom stereocenters. The van der Waals surface area contributed by atoms with Crippen molar-refractivity contribution in [1.82, 2.24) is 4.98 Å². The zero-order valence-corrected chi connectivity index (χ0v) is 10.9. The fraction of sp³-hybridized carbons (Fsp3) is 0.500. The van der Waals surface area contributed by atoms with Crippen LogP contribution in [-0.2, 0) is 9.84 Å². The molecule has 0 amide bonds. The summed E-state index contributed by atoms with van der Waals surface area (Å²) in [5, 5.41) is 2.11. The number of carbonyl (C=O) groups excluding carboxylic acids is 1. The van der Waals surface area contributed by atoms with Crippen LogP contribution in [0.3, 0.4) is 0 Å². The monoisotopic (exact) mass is 309 g/mol. The normalized spacial score (nSPS) is 24.2. The number of hydrogen-bond acceptors (Lipinski definition) is 5. The molecule has 1 atom stereocenters. The molecule has 0 bridgehead atoms. The van der Waals surface area contributed by atoms with Crippen molar-refractivity contribution in [2.24, 2.45) is 5.92 Å². The third kappa shape index (κ3) is 2.46. The Morgan fingerprint density at radius 3 is 2.80 bits per heavy atom. The number of halogens is 1. The number of carbonyl (C=O) groups is 1. The summed E-state index contributed by atoms with van der Waals surface area (Å²) in [4.78, 5) is 15.8. The third-order valence-corrected chi connectivity index (χ3v) is 5.62. The minimum Gasteiger partial charge on any atom is -0.291 e. The molecule has 0 saturated carbocycles. The van der Waals surface area contributed by atoms with E-state index in [2.05, 4.69) is 20.9 Å². The highest BCUT2D eigenvalue weighted by atomic mass is 79.9. The van der Waals surface area contributed by atoms with E-state index in [0.29, 0.717) is 16.0 Å². The van der Waals surface area contributed by atoms with Gasteiger partial charge in [0.15, 0.2) is 20.6 Å². The van der Waals surface area contributed by atoms with Crippen LogP contribution < -0.4 is 0 Å². The summed E-state index contributed by atoms with van der Waals surface area (Å²) < 4.78 is 23.0. The number of Topliss-reactive ketones (excluding diaryl/α,β-unsaturated/α-hetero) is 1. The molecule has 0 aliphatic carbocycles. The summed E-state index contributed by atoms with van der Waals surface area (Å²) in [5.41, 5.74) is 0. The lowest BCUT2D eigenvalue weighted by Gasteiger charge is -2.01. The molecule has 0 radical (unpaired) electrons. The van der Waals surface area contributed by atoms with E-state index in [-0.39, 0.29) is 17.3 Å². The number of sulfone groups is 1. The van der Waals surface area contributed by atoms with Crippen LogP contribution in [0.5, 0.6) is 0 Å². The molecule has 1 aromatic rings. The SMILES string of the molecule is O=C(c1nc(Br)cs1)C1CCS(=O)(=O)C1. The summed E-state index contributed by atoms with van der Waals surface area (Å²) >= 11 is 4.40. The van der Waals surface area contributed by atoms with Gasteiger partial charge in [-0.3, -0.25) is 4.79 Å². The number of rotatable bonds is 2. The first-order valence-electron chi connectivity index (χ1n) is 4.33. The Balaban J connectivity index is 2.17. The minimum atomic E-state index is -3.00. The predicted molar refractivity (Wildman–Crippen MR) is 60.9 cm³/mol. The second-order valence-electron chi connectivity index (χ2n) is 3.44. The molecule has 1 aliphatic rings. The lowest BCUT2D eigenvalue weighted by molar-refractivity contribution is 0.0933. The third-order valence-electron chi connectivity index (χ3n) is 2.29. The first-order valence-corrected chi connectivity index (χ1v) is 7.83. The molecule has 1 aliphatic heterocycles. The predicted octanol–water partition coefficient (Wildman–Crippen LogP) is 1.52. The van der Waals surface area contributed by atoms with Gasteiger partial charge in [-0.15, -0.1) is 11.3 Å². The highest BCUT2D eigenvalue weighted by Crippen LogP contribution is 2.25. The van der Waals surface area contributed by atoms with Crippen LogP contribution in [0.25, 0.3) is 0 Å². The van der Waals surface area contributed by atoms with E-state index in [9.17, 15) is 13.2 Å². The molecular weight excluding hydrogens is 302 g/mol. The van der Waals surface area contributed by atoms with Crippen LogP contribution in [-0.4, -0.2) is 30.7 Å². The average Bonchev–Trinajstić information content (AvgIpc) is 2.71. The van der Waals surface area contributed by atoms with Crippen LogP contribution >= 0.6 is 27.3 Å². The molecule has 82 valence electrons. The molecule has 2 rings (SSSR count). The maximum atomic E-state index is 11.8. The van der Waals surface area contributed by atoms with Crippen LogP contribution in [0.15, 0.2) is 9.98 Å². The molecule has 0 aromatic carbocycles. The quantitative estimate of drug-likeness (QED) is 0.777. The van der Waals surface area contributed by atoms with Gasteiger partial charge in [0.05, 0.1) is 11.5 Å². The molecule has 7 heteroatoms. The largest absolute Gasteiger partial charge is 0.291 e. The van der Waals surface area contributed by atoms with E-state index in [4.69, 9.17) is 0 Å². The van der Waals surface area contributed by atoms with Gasteiger partial charge in [0.2, 0.25) is 0 Å². The van der Waals surface area contributed by atoms with Gasteiger partial charge in [-0.25, -0.2) is 13.4 Å². The molecule has 4 nitrogen and oxygen atoms in total. The molecule has 1 aromatic heterocycles. The van der Waals surface area contributed by atoms with Gasteiger partial charge in [-0.2, -0.15) is 0 Å². The van der Waals surface area contributed by atoms with Crippen molar-refractivity contribution in [3.05, 3.63) is 15.0 Å². The molecular formula is C8H8BrNO3S2. The average molecular weight is 310 g/mol. The second kappa shape index (κ2) is 3.95. The van der Waals surface area contributed by atoms with Gasteiger partial charge in [-0.05, 0) is 22.4 Å². The van der Waals surface area contributed by atoms with E-state index in [0.717, 1.165) is 0 Å². The fourth-order valence-electron chi connectivity index (χ4n) is 1.54. The number of ketones is 1. The molecule has 0 spiro atoms. The standard InChI is InChI=1S/C8H8BrNO3S2/c9-6-3-14-8(10-6)7(11)5-1-2-15(12,13)4-5/h3,5H,1-2,4H2.